The molecule has 0 saturated heterocycles. The molecule has 6 heteroatoms. The summed E-state index contributed by atoms with van der Waals surface area (Å²) in [6.45, 7) is 3.74. The first-order chi connectivity index (χ1) is 13.5. The van der Waals surface area contributed by atoms with Gasteiger partial charge in [-0.2, -0.15) is 4.99 Å². The maximum Gasteiger partial charge on any atom is 0.282 e. The number of aliphatic imine (C=N–C) groups is 1. The van der Waals surface area contributed by atoms with E-state index in [-0.39, 0.29) is 17.5 Å². The zero-order chi connectivity index (χ0) is 19.7. The number of allylic oxidation sites excluding steroid dienone is 1. The molecule has 0 bridgehead atoms. The van der Waals surface area contributed by atoms with Gasteiger partial charge in [0.2, 0.25) is 0 Å². The molecule has 1 amide bonds. The molecule has 0 spiro atoms. The molecule has 4 rings (SSSR count). The summed E-state index contributed by atoms with van der Waals surface area (Å²) < 4.78 is 5.97. The Hall–Kier alpha value is -3.67. The quantitative estimate of drug-likeness (QED) is 0.812. The summed E-state index contributed by atoms with van der Waals surface area (Å²) in [5.41, 5.74) is 2.05. The number of nitrogens with one attached hydrogen (secondary N) is 1. The van der Waals surface area contributed by atoms with E-state index < -0.39 is 5.91 Å². The molecule has 2 heterocycles. The minimum Gasteiger partial charge on any atom is -0.486 e. The number of fused-ring (bicyclic) bond motifs is 1. The van der Waals surface area contributed by atoms with Gasteiger partial charge in [0, 0.05) is 6.08 Å². The lowest BCUT2D eigenvalue weighted by Gasteiger charge is -2.23. The van der Waals surface area contributed by atoms with Gasteiger partial charge in [-0.15, -0.1) is 5.06 Å². The van der Waals surface area contributed by atoms with E-state index in [4.69, 9.17) is 15.0 Å². The number of benzene rings is 2. The summed E-state index contributed by atoms with van der Waals surface area (Å²) in [6.07, 6.45) is 3.18. The Morgan fingerprint density at radius 1 is 1.14 bits per heavy atom. The van der Waals surface area contributed by atoms with Crippen LogP contribution < -0.4 is 4.74 Å². The summed E-state index contributed by atoms with van der Waals surface area (Å²) >= 11 is 0. The Bertz CT molecular complexity index is 1020. The molecule has 0 aromatic heterocycles. The standard InChI is InChI=1S/C22H19N3O3/c1-14-12-20-24-22(26)19(21(23)25(20)28-14)13-16-8-10-18(11-9-16)27-15(2)17-6-4-3-5-7-17/h3-13,15,23H,1-2H3/b19-13+,23-21?. The molecule has 0 fully saturated rings. The SMILES string of the molecule is CC1=CC2=NC(=O)/C(=C/c3ccc(OC(C)c4ccccc4)cc3)C(=N)N2O1. The number of nitrogens with zero attached hydrogens (tertiary/aromatic N) is 2. The summed E-state index contributed by atoms with van der Waals surface area (Å²) in [6, 6.07) is 17.4. The van der Waals surface area contributed by atoms with Crippen LogP contribution in [0.5, 0.6) is 5.75 Å². The molecule has 28 heavy (non-hydrogen) atoms. The van der Waals surface area contributed by atoms with Crippen molar-refractivity contribution in [1.29, 1.82) is 5.41 Å². The predicted molar refractivity (Wildman–Crippen MR) is 107 cm³/mol. The predicted octanol–water partition coefficient (Wildman–Crippen LogP) is 4.28. The lowest BCUT2D eigenvalue weighted by molar-refractivity contribution is -0.114. The second-order valence-corrected chi connectivity index (χ2v) is 6.56. The lowest BCUT2D eigenvalue weighted by Crippen LogP contribution is -2.38. The molecule has 2 aliphatic heterocycles. The molecule has 140 valence electrons. The molecule has 2 aromatic carbocycles. The summed E-state index contributed by atoms with van der Waals surface area (Å²) in [4.78, 5) is 21.7. The maximum absolute atomic E-state index is 12.3. The number of hydrogen-bond acceptors (Lipinski definition) is 4. The minimum absolute atomic E-state index is 0.0267. The van der Waals surface area contributed by atoms with Crippen molar-refractivity contribution < 1.29 is 14.4 Å². The summed E-state index contributed by atoms with van der Waals surface area (Å²) in [5, 5.41) is 9.50. The van der Waals surface area contributed by atoms with Crippen LogP contribution in [0.3, 0.4) is 0 Å². The van der Waals surface area contributed by atoms with Crippen molar-refractivity contribution in [2.24, 2.45) is 4.99 Å². The monoisotopic (exact) mass is 373 g/mol. The highest BCUT2D eigenvalue weighted by Gasteiger charge is 2.34. The molecule has 1 unspecified atom stereocenters. The molecule has 0 aliphatic carbocycles. The zero-order valence-electron chi connectivity index (χ0n) is 15.5. The third-order valence-corrected chi connectivity index (χ3v) is 4.45. The Labute approximate surface area is 162 Å². The van der Waals surface area contributed by atoms with E-state index >= 15 is 0 Å². The highest BCUT2D eigenvalue weighted by atomic mass is 16.7. The van der Waals surface area contributed by atoms with E-state index in [2.05, 4.69) is 4.99 Å². The maximum atomic E-state index is 12.3. The van der Waals surface area contributed by atoms with Crippen LogP contribution in [-0.2, 0) is 9.63 Å². The van der Waals surface area contributed by atoms with Gasteiger partial charge < -0.3 is 9.57 Å². The number of carbonyl (C=O) groups excluding carboxylic acids is 1. The highest BCUT2D eigenvalue weighted by molar-refractivity contribution is 6.32. The molecule has 1 N–H and O–H groups in total. The lowest BCUT2D eigenvalue weighted by atomic mass is 10.1. The fourth-order valence-corrected chi connectivity index (χ4v) is 3.01. The fourth-order valence-electron chi connectivity index (χ4n) is 3.01. The van der Waals surface area contributed by atoms with Crippen LogP contribution >= 0.6 is 0 Å². The largest absolute Gasteiger partial charge is 0.486 e. The van der Waals surface area contributed by atoms with Crippen LogP contribution in [0, 0.1) is 5.41 Å². The Morgan fingerprint density at radius 2 is 1.86 bits per heavy atom. The summed E-state index contributed by atoms with van der Waals surface area (Å²) in [7, 11) is 0. The van der Waals surface area contributed by atoms with Crippen molar-refractivity contribution in [2.45, 2.75) is 20.0 Å². The smallest absolute Gasteiger partial charge is 0.282 e. The highest BCUT2D eigenvalue weighted by Crippen LogP contribution is 2.25. The van der Waals surface area contributed by atoms with E-state index in [1.165, 1.54) is 5.06 Å². The van der Waals surface area contributed by atoms with E-state index in [0.29, 0.717) is 11.6 Å². The van der Waals surface area contributed by atoms with Crippen molar-refractivity contribution in [3.05, 3.63) is 83.1 Å². The first kappa shape index (κ1) is 17.7. The van der Waals surface area contributed by atoms with Crippen molar-refractivity contribution in [3.8, 4) is 5.75 Å². The van der Waals surface area contributed by atoms with Crippen molar-refractivity contribution in [1.82, 2.24) is 5.06 Å². The van der Waals surface area contributed by atoms with E-state index in [1.807, 2.05) is 61.5 Å². The number of carbonyl (C=O) groups is 1. The van der Waals surface area contributed by atoms with Crippen LogP contribution in [0.2, 0.25) is 0 Å². The van der Waals surface area contributed by atoms with E-state index in [9.17, 15) is 4.79 Å². The van der Waals surface area contributed by atoms with Gasteiger partial charge in [-0.3, -0.25) is 10.2 Å². The average molecular weight is 373 g/mol. The van der Waals surface area contributed by atoms with Crippen LogP contribution in [0.4, 0.5) is 0 Å². The summed E-state index contributed by atoms with van der Waals surface area (Å²) in [5.74, 6) is 1.17. The molecule has 0 radical (unpaired) electrons. The normalized spacial score (nSPS) is 18.4. The first-order valence-electron chi connectivity index (χ1n) is 8.93. The Balaban J connectivity index is 1.50. The van der Waals surface area contributed by atoms with Gasteiger partial charge in [-0.1, -0.05) is 42.5 Å². The second-order valence-electron chi connectivity index (χ2n) is 6.56. The number of hydrogen-bond donors (Lipinski definition) is 1. The molecular weight excluding hydrogens is 354 g/mol. The zero-order valence-corrected chi connectivity index (χ0v) is 15.5. The molecule has 0 saturated carbocycles. The molecular formula is C22H19N3O3. The average Bonchev–Trinajstić information content (AvgIpc) is 3.07. The third-order valence-electron chi connectivity index (χ3n) is 4.45. The Kier molecular flexibility index (Phi) is 4.53. The third kappa shape index (κ3) is 3.44. The van der Waals surface area contributed by atoms with Gasteiger partial charge in [-0.25, -0.2) is 0 Å². The van der Waals surface area contributed by atoms with Crippen LogP contribution in [0.25, 0.3) is 6.08 Å². The number of rotatable bonds is 4. The molecule has 1 atom stereocenters. The van der Waals surface area contributed by atoms with Crippen LogP contribution in [-0.4, -0.2) is 22.6 Å². The van der Waals surface area contributed by atoms with Crippen molar-refractivity contribution in [3.63, 3.8) is 0 Å². The van der Waals surface area contributed by atoms with E-state index in [1.54, 1.807) is 19.1 Å². The van der Waals surface area contributed by atoms with Gasteiger partial charge in [-0.05, 0) is 43.2 Å². The van der Waals surface area contributed by atoms with Gasteiger partial charge >= 0.3 is 0 Å². The topological polar surface area (TPSA) is 75.0 Å². The number of hydroxylamine groups is 2. The van der Waals surface area contributed by atoms with Crippen molar-refractivity contribution in [2.75, 3.05) is 0 Å². The number of amides is 1. The second kappa shape index (κ2) is 7.15. The van der Waals surface area contributed by atoms with Gasteiger partial charge in [0.05, 0.1) is 5.57 Å². The number of amidine groups is 2. The minimum atomic E-state index is -0.455. The fraction of sp³-hybridized carbons (Fsp3) is 0.136. The first-order valence-corrected chi connectivity index (χ1v) is 8.93. The Morgan fingerprint density at radius 3 is 2.57 bits per heavy atom. The van der Waals surface area contributed by atoms with E-state index in [0.717, 1.165) is 16.9 Å². The van der Waals surface area contributed by atoms with Gasteiger partial charge in [0.25, 0.3) is 5.91 Å². The van der Waals surface area contributed by atoms with Gasteiger partial charge in [0.1, 0.15) is 17.6 Å². The molecule has 2 aromatic rings. The molecule has 2 aliphatic rings. The van der Waals surface area contributed by atoms with Crippen LogP contribution in [0.15, 0.2) is 77.0 Å². The van der Waals surface area contributed by atoms with Crippen molar-refractivity contribution >= 4 is 23.7 Å². The van der Waals surface area contributed by atoms with Gasteiger partial charge in [0.15, 0.2) is 11.7 Å². The van der Waals surface area contributed by atoms with Crippen LogP contribution in [0.1, 0.15) is 31.1 Å². The number of ether oxygens (including phenoxy) is 1. The molecule has 6 nitrogen and oxygen atoms in total.